The van der Waals surface area contributed by atoms with E-state index in [1.165, 1.54) is 13.1 Å². The highest BCUT2D eigenvalue weighted by molar-refractivity contribution is 7.89. The van der Waals surface area contributed by atoms with Gasteiger partial charge in [-0.25, -0.2) is 8.42 Å². The van der Waals surface area contributed by atoms with E-state index >= 15 is 0 Å². The first kappa shape index (κ1) is 23.3. The fraction of sp³-hybridized carbons (Fsp3) is 0.417. The van der Waals surface area contributed by atoms with E-state index < -0.39 is 15.9 Å². The Balaban J connectivity index is 1.43. The van der Waals surface area contributed by atoms with Crippen LogP contribution in [0.2, 0.25) is 0 Å². The zero-order valence-electron chi connectivity index (χ0n) is 19.1. The molecule has 4 rings (SSSR count). The number of rotatable bonds is 8. The van der Waals surface area contributed by atoms with Gasteiger partial charge in [-0.15, -0.1) is 0 Å². The number of ether oxygens (including phenoxy) is 1. The fourth-order valence-corrected chi connectivity index (χ4v) is 5.37. The molecule has 2 amide bonds. The van der Waals surface area contributed by atoms with Crippen molar-refractivity contribution in [3.63, 3.8) is 0 Å². The molecule has 1 saturated carbocycles. The number of hydrogen-bond acceptors (Lipinski definition) is 5. The lowest BCUT2D eigenvalue weighted by Gasteiger charge is -2.23. The molecule has 0 radical (unpaired) electrons. The van der Waals surface area contributed by atoms with Crippen LogP contribution >= 0.6 is 0 Å². The average Bonchev–Trinajstić information content (AvgIpc) is 3.59. The molecule has 1 atom stereocenters. The molecule has 0 spiro atoms. The minimum absolute atomic E-state index is 0.00420. The number of para-hydroxylation sites is 1. The van der Waals surface area contributed by atoms with Crippen LogP contribution in [-0.2, 0) is 32.6 Å². The van der Waals surface area contributed by atoms with Gasteiger partial charge in [0.25, 0.3) is 0 Å². The van der Waals surface area contributed by atoms with Gasteiger partial charge in [-0.05, 0) is 56.0 Å². The highest BCUT2D eigenvalue weighted by Crippen LogP contribution is 2.39. The van der Waals surface area contributed by atoms with Gasteiger partial charge in [0.2, 0.25) is 21.8 Å². The van der Waals surface area contributed by atoms with Crippen molar-refractivity contribution < 1.29 is 22.7 Å². The molecule has 0 aromatic heterocycles. The first-order valence-electron chi connectivity index (χ1n) is 11.0. The number of fused-ring (bicyclic) bond motifs is 1. The van der Waals surface area contributed by atoms with Gasteiger partial charge in [-0.3, -0.25) is 9.59 Å². The Kier molecular flexibility index (Phi) is 6.45. The Morgan fingerprint density at radius 3 is 2.61 bits per heavy atom. The molecule has 1 aliphatic heterocycles. The maximum Gasteiger partial charge on any atom is 0.243 e. The molecule has 1 aliphatic carbocycles. The highest BCUT2D eigenvalue weighted by atomic mass is 32.2. The van der Waals surface area contributed by atoms with Gasteiger partial charge in [0.1, 0.15) is 5.75 Å². The number of likely N-dealkylation sites (N-methyl/N-ethyl adjacent to an activating group) is 1. The summed E-state index contributed by atoms with van der Waals surface area (Å²) in [7, 11) is -0.926. The van der Waals surface area contributed by atoms with Crippen LogP contribution in [0.5, 0.6) is 5.75 Å². The molecule has 1 heterocycles. The highest BCUT2D eigenvalue weighted by Gasteiger charge is 2.40. The molecule has 2 aromatic carbocycles. The Hall–Kier alpha value is -2.91. The van der Waals surface area contributed by atoms with Gasteiger partial charge in [0.15, 0.2) is 0 Å². The van der Waals surface area contributed by atoms with Crippen molar-refractivity contribution in [1.82, 2.24) is 9.62 Å². The molecule has 9 heteroatoms. The van der Waals surface area contributed by atoms with Crippen molar-refractivity contribution in [1.29, 1.82) is 0 Å². The van der Waals surface area contributed by atoms with Crippen LogP contribution in [0.1, 0.15) is 30.9 Å². The summed E-state index contributed by atoms with van der Waals surface area (Å²) in [4.78, 5) is 27.0. The van der Waals surface area contributed by atoms with E-state index in [1.54, 1.807) is 30.2 Å². The number of sulfonamides is 1. The topological polar surface area (TPSA) is 96.0 Å². The van der Waals surface area contributed by atoms with E-state index in [-0.39, 0.29) is 35.9 Å². The maximum absolute atomic E-state index is 13.1. The zero-order chi connectivity index (χ0) is 23.8. The molecule has 0 bridgehead atoms. The molecule has 176 valence electrons. The van der Waals surface area contributed by atoms with Crippen LogP contribution < -0.4 is 15.0 Å². The first-order chi connectivity index (χ1) is 15.7. The summed E-state index contributed by atoms with van der Waals surface area (Å²) in [5.74, 6) is 0.464. The van der Waals surface area contributed by atoms with Gasteiger partial charge >= 0.3 is 0 Å². The second-order valence-electron chi connectivity index (χ2n) is 8.68. The fourth-order valence-electron chi connectivity index (χ4n) is 4.20. The summed E-state index contributed by atoms with van der Waals surface area (Å²) >= 11 is 0. The number of methoxy groups -OCH3 is 1. The third-order valence-corrected chi connectivity index (χ3v) is 7.97. The summed E-state index contributed by atoms with van der Waals surface area (Å²) in [5.41, 5.74) is 2.43. The van der Waals surface area contributed by atoms with E-state index in [1.807, 2.05) is 25.1 Å². The molecular weight excluding hydrogens is 442 g/mol. The molecule has 2 aliphatic rings. The van der Waals surface area contributed by atoms with Crippen molar-refractivity contribution in [2.24, 2.45) is 5.92 Å². The SMILES string of the molecule is COc1ccccc1CNC(=O)CN(C)S(=O)(=O)c1ccc2c(c1)CC(C)N2C(=O)C1CC1. The molecule has 1 unspecified atom stereocenters. The minimum atomic E-state index is -3.87. The number of amides is 2. The van der Waals surface area contributed by atoms with Crippen LogP contribution in [-0.4, -0.2) is 51.3 Å². The van der Waals surface area contributed by atoms with Crippen LogP contribution in [0.25, 0.3) is 0 Å². The van der Waals surface area contributed by atoms with Crippen molar-refractivity contribution in [3.8, 4) is 5.75 Å². The van der Waals surface area contributed by atoms with Crippen molar-refractivity contribution in [3.05, 3.63) is 53.6 Å². The maximum atomic E-state index is 13.1. The van der Waals surface area contributed by atoms with E-state index in [0.717, 1.165) is 34.0 Å². The number of benzene rings is 2. The van der Waals surface area contributed by atoms with Crippen molar-refractivity contribution >= 4 is 27.5 Å². The zero-order valence-corrected chi connectivity index (χ0v) is 19.9. The van der Waals surface area contributed by atoms with Gasteiger partial charge in [0.05, 0.1) is 18.6 Å². The predicted octanol–water partition coefficient (Wildman–Crippen LogP) is 2.32. The summed E-state index contributed by atoms with van der Waals surface area (Å²) in [6.45, 7) is 1.90. The third-order valence-electron chi connectivity index (χ3n) is 6.17. The third kappa shape index (κ3) is 4.74. The second kappa shape index (κ2) is 9.15. The van der Waals surface area contributed by atoms with Crippen LogP contribution in [0.15, 0.2) is 47.4 Å². The lowest BCUT2D eigenvalue weighted by molar-refractivity contribution is -0.121. The summed E-state index contributed by atoms with van der Waals surface area (Å²) < 4.78 is 32.5. The number of nitrogens with one attached hydrogen (secondary N) is 1. The minimum Gasteiger partial charge on any atom is -0.496 e. The van der Waals surface area contributed by atoms with Gasteiger partial charge in [-0.1, -0.05) is 18.2 Å². The first-order valence-corrected chi connectivity index (χ1v) is 12.5. The smallest absolute Gasteiger partial charge is 0.243 e. The number of anilines is 1. The molecule has 2 aromatic rings. The van der Waals surface area contributed by atoms with Crippen LogP contribution in [0, 0.1) is 5.92 Å². The Morgan fingerprint density at radius 2 is 1.91 bits per heavy atom. The number of hydrogen-bond donors (Lipinski definition) is 1. The summed E-state index contributed by atoms with van der Waals surface area (Å²) in [6.07, 6.45) is 2.46. The lowest BCUT2D eigenvalue weighted by atomic mass is 10.1. The summed E-state index contributed by atoms with van der Waals surface area (Å²) in [6, 6.07) is 12.2. The van der Waals surface area contributed by atoms with Gasteiger partial charge in [0, 0.05) is 36.8 Å². The standard InChI is InChI=1S/C24H29N3O5S/c1-16-12-19-13-20(10-11-21(19)27(16)24(29)17-8-9-17)33(30,31)26(2)15-23(28)25-14-18-6-4-5-7-22(18)32-3/h4-7,10-11,13,16-17H,8-9,12,14-15H2,1-3H3,(H,25,28). The summed E-state index contributed by atoms with van der Waals surface area (Å²) in [5, 5.41) is 2.74. The average molecular weight is 472 g/mol. The van der Waals surface area contributed by atoms with E-state index in [0.29, 0.717) is 12.2 Å². The molecule has 8 nitrogen and oxygen atoms in total. The molecule has 0 saturated heterocycles. The van der Waals surface area contributed by atoms with Gasteiger partial charge in [-0.2, -0.15) is 4.31 Å². The molecule has 33 heavy (non-hydrogen) atoms. The van der Waals surface area contributed by atoms with E-state index in [4.69, 9.17) is 4.74 Å². The number of carbonyl (C=O) groups is 2. The van der Waals surface area contributed by atoms with E-state index in [2.05, 4.69) is 5.32 Å². The number of nitrogens with zero attached hydrogens (tertiary/aromatic N) is 2. The molecule has 1 N–H and O–H groups in total. The Labute approximate surface area is 194 Å². The Bertz CT molecular complexity index is 1180. The van der Waals surface area contributed by atoms with Crippen LogP contribution in [0.4, 0.5) is 5.69 Å². The number of carbonyl (C=O) groups excluding carboxylic acids is 2. The predicted molar refractivity (Wildman–Crippen MR) is 124 cm³/mol. The normalized spacial score (nSPS) is 17.7. The van der Waals surface area contributed by atoms with Crippen LogP contribution in [0.3, 0.4) is 0 Å². The second-order valence-corrected chi connectivity index (χ2v) is 10.7. The van der Waals surface area contributed by atoms with Gasteiger partial charge < -0.3 is 15.0 Å². The Morgan fingerprint density at radius 1 is 1.18 bits per heavy atom. The molecular formula is C24H29N3O5S. The molecule has 1 fully saturated rings. The van der Waals surface area contributed by atoms with E-state index in [9.17, 15) is 18.0 Å². The monoisotopic (exact) mass is 471 g/mol. The van der Waals surface area contributed by atoms with Crippen molar-refractivity contribution in [2.45, 2.75) is 43.7 Å². The largest absolute Gasteiger partial charge is 0.496 e. The van der Waals surface area contributed by atoms with Crippen molar-refractivity contribution in [2.75, 3.05) is 25.6 Å². The quantitative estimate of drug-likeness (QED) is 0.638. The lowest BCUT2D eigenvalue weighted by Crippen LogP contribution is -2.38.